The summed E-state index contributed by atoms with van der Waals surface area (Å²) in [7, 11) is 0. The maximum atomic E-state index is 12.3. The summed E-state index contributed by atoms with van der Waals surface area (Å²) in [6.45, 7) is 0. The van der Waals surface area contributed by atoms with Crippen LogP contribution in [0.1, 0.15) is 15.9 Å². The van der Waals surface area contributed by atoms with Gasteiger partial charge in [-0.1, -0.05) is 30.3 Å². The molecule has 1 heterocycles. The average Bonchev–Trinajstić information content (AvgIpc) is 2.80. The number of ketones is 1. The Labute approximate surface area is 104 Å². The largest absolute Gasteiger partial charge is 0.339 e. The molecule has 0 fully saturated rings. The third-order valence-electron chi connectivity index (χ3n) is 3.02. The standard InChI is InChI=1S/C15H12N2O/c16-17-9-8-12-10-13(6-7-14(12)17)15(18)11-4-2-1-3-5-11/h1-10H,16H2. The van der Waals surface area contributed by atoms with Crippen molar-refractivity contribution in [2.45, 2.75) is 0 Å². The van der Waals surface area contributed by atoms with E-state index in [1.165, 1.54) is 0 Å². The van der Waals surface area contributed by atoms with E-state index in [-0.39, 0.29) is 5.78 Å². The van der Waals surface area contributed by atoms with E-state index >= 15 is 0 Å². The van der Waals surface area contributed by atoms with E-state index in [1.807, 2.05) is 48.5 Å². The van der Waals surface area contributed by atoms with Crippen LogP contribution in [-0.4, -0.2) is 10.5 Å². The number of nitrogens with two attached hydrogens (primary N) is 1. The highest BCUT2D eigenvalue weighted by Gasteiger charge is 2.09. The molecule has 0 aliphatic rings. The van der Waals surface area contributed by atoms with Gasteiger partial charge >= 0.3 is 0 Å². The fourth-order valence-corrected chi connectivity index (χ4v) is 2.06. The van der Waals surface area contributed by atoms with Crippen LogP contribution in [0.2, 0.25) is 0 Å². The van der Waals surface area contributed by atoms with Crippen molar-refractivity contribution in [2.24, 2.45) is 0 Å². The topological polar surface area (TPSA) is 48.0 Å². The zero-order valence-corrected chi connectivity index (χ0v) is 9.71. The smallest absolute Gasteiger partial charge is 0.193 e. The number of nitrogen functional groups attached to an aromatic ring is 1. The van der Waals surface area contributed by atoms with Crippen LogP contribution in [0.5, 0.6) is 0 Å². The first kappa shape index (κ1) is 10.6. The molecule has 0 spiro atoms. The fraction of sp³-hybridized carbons (Fsp3) is 0. The molecule has 2 aromatic carbocycles. The number of nitrogens with zero attached hydrogens (tertiary/aromatic N) is 1. The molecule has 0 unspecified atom stereocenters. The van der Waals surface area contributed by atoms with Gasteiger partial charge < -0.3 is 5.84 Å². The Hall–Kier alpha value is -2.55. The molecule has 0 saturated carbocycles. The van der Waals surface area contributed by atoms with Crippen molar-refractivity contribution >= 4 is 16.7 Å². The summed E-state index contributed by atoms with van der Waals surface area (Å²) >= 11 is 0. The van der Waals surface area contributed by atoms with Crippen molar-refractivity contribution in [1.82, 2.24) is 4.68 Å². The van der Waals surface area contributed by atoms with Gasteiger partial charge in [-0.05, 0) is 24.3 Å². The van der Waals surface area contributed by atoms with Gasteiger partial charge in [-0.25, -0.2) is 0 Å². The minimum atomic E-state index is 0.0299. The SMILES string of the molecule is Nn1ccc2cc(C(=O)c3ccccc3)ccc21. The lowest BCUT2D eigenvalue weighted by Gasteiger charge is -2.02. The molecule has 1 aromatic heterocycles. The van der Waals surface area contributed by atoms with Crippen molar-refractivity contribution in [1.29, 1.82) is 0 Å². The number of rotatable bonds is 2. The number of fused-ring (bicyclic) bond motifs is 1. The van der Waals surface area contributed by atoms with Crippen molar-refractivity contribution in [2.75, 3.05) is 5.84 Å². The molecule has 3 aromatic rings. The first-order valence-corrected chi connectivity index (χ1v) is 5.71. The second-order valence-electron chi connectivity index (χ2n) is 4.19. The molecule has 3 nitrogen and oxygen atoms in total. The van der Waals surface area contributed by atoms with Crippen molar-refractivity contribution in [3.63, 3.8) is 0 Å². The quantitative estimate of drug-likeness (QED) is 0.549. The number of aromatic nitrogens is 1. The van der Waals surface area contributed by atoms with E-state index in [4.69, 9.17) is 5.84 Å². The van der Waals surface area contributed by atoms with Crippen LogP contribution in [0.15, 0.2) is 60.8 Å². The van der Waals surface area contributed by atoms with Crippen LogP contribution < -0.4 is 5.84 Å². The molecular weight excluding hydrogens is 224 g/mol. The maximum Gasteiger partial charge on any atom is 0.193 e. The van der Waals surface area contributed by atoms with Gasteiger partial charge in [-0.3, -0.25) is 9.47 Å². The number of hydrogen-bond donors (Lipinski definition) is 1. The van der Waals surface area contributed by atoms with Crippen molar-refractivity contribution < 1.29 is 4.79 Å². The molecule has 0 radical (unpaired) electrons. The van der Waals surface area contributed by atoms with Crippen LogP contribution in [0, 0.1) is 0 Å². The van der Waals surface area contributed by atoms with Crippen molar-refractivity contribution in [3.05, 3.63) is 71.9 Å². The lowest BCUT2D eigenvalue weighted by atomic mass is 10.0. The number of carbonyl (C=O) groups is 1. The summed E-state index contributed by atoms with van der Waals surface area (Å²) in [5.74, 6) is 5.78. The molecule has 0 saturated heterocycles. The minimum absolute atomic E-state index is 0.0299. The first-order valence-electron chi connectivity index (χ1n) is 5.71. The predicted octanol–water partition coefficient (Wildman–Crippen LogP) is 2.59. The van der Waals surface area contributed by atoms with Crippen LogP contribution in [0.25, 0.3) is 10.9 Å². The normalized spacial score (nSPS) is 10.7. The summed E-state index contributed by atoms with van der Waals surface area (Å²) in [6.07, 6.45) is 1.78. The Balaban J connectivity index is 2.07. The summed E-state index contributed by atoms with van der Waals surface area (Å²) in [6, 6.07) is 16.7. The van der Waals surface area contributed by atoms with Gasteiger partial charge in [0.15, 0.2) is 5.78 Å². The Morgan fingerprint density at radius 3 is 2.50 bits per heavy atom. The van der Waals surface area contributed by atoms with E-state index in [1.54, 1.807) is 16.9 Å². The van der Waals surface area contributed by atoms with Crippen LogP contribution >= 0.6 is 0 Å². The summed E-state index contributed by atoms with van der Waals surface area (Å²) in [4.78, 5) is 12.3. The molecule has 18 heavy (non-hydrogen) atoms. The molecule has 3 rings (SSSR count). The molecule has 88 valence electrons. The lowest BCUT2D eigenvalue weighted by Crippen LogP contribution is -2.05. The van der Waals surface area contributed by atoms with Gasteiger partial charge in [-0.2, -0.15) is 0 Å². The lowest BCUT2D eigenvalue weighted by molar-refractivity contribution is 0.103. The predicted molar refractivity (Wildman–Crippen MR) is 72.0 cm³/mol. The molecular formula is C15H12N2O. The monoisotopic (exact) mass is 236 g/mol. The molecule has 2 N–H and O–H groups in total. The zero-order valence-electron chi connectivity index (χ0n) is 9.71. The Morgan fingerprint density at radius 1 is 0.944 bits per heavy atom. The van der Waals surface area contributed by atoms with Gasteiger partial charge in [0.1, 0.15) is 0 Å². The highest BCUT2D eigenvalue weighted by atomic mass is 16.1. The van der Waals surface area contributed by atoms with Gasteiger partial charge in [0, 0.05) is 22.7 Å². The Kier molecular flexibility index (Phi) is 2.38. The highest BCUT2D eigenvalue weighted by molar-refractivity contribution is 6.10. The third-order valence-corrected chi connectivity index (χ3v) is 3.02. The van der Waals surface area contributed by atoms with Crippen LogP contribution in [0.4, 0.5) is 0 Å². The fourth-order valence-electron chi connectivity index (χ4n) is 2.06. The Morgan fingerprint density at radius 2 is 1.72 bits per heavy atom. The summed E-state index contributed by atoms with van der Waals surface area (Å²) < 4.78 is 1.55. The van der Waals surface area contributed by atoms with Crippen LogP contribution in [0.3, 0.4) is 0 Å². The van der Waals surface area contributed by atoms with Gasteiger partial charge in [0.25, 0.3) is 0 Å². The van der Waals surface area contributed by atoms with E-state index < -0.39 is 0 Å². The van der Waals surface area contributed by atoms with E-state index in [2.05, 4.69) is 0 Å². The second kappa shape index (κ2) is 4.04. The van der Waals surface area contributed by atoms with E-state index in [0.29, 0.717) is 11.1 Å². The van der Waals surface area contributed by atoms with Crippen LogP contribution in [-0.2, 0) is 0 Å². The summed E-state index contributed by atoms with van der Waals surface area (Å²) in [5, 5.41) is 0.972. The van der Waals surface area contributed by atoms with Gasteiger partial charge in [0.05, 0.1) is 5.52 Å². The highest BCUT2D eigenvalue weighted by Crippen LogP contribution is 2.18. The average molecular weight is 236 g/mol. The van der Waals surface area contributed by atoms with Gasteiger partial charge in [0.2, 0.25) is 0 Å². The molecule has 3 heteroatoms. The molecule has 0 aliphatic carbocycles. The Bertz CT molecular complexity index is 714. The maximum absolute atomic E-state index is 12.3. The van der Waals surface area contributed by atoms with Gasteiger partial charge in [-0.15, -0.1) is 0 Å². The minimum Gasteiger partial charge on any atom is -0.339 e. The second-order valence-corrected chi connectivity index (χ2v) is 4.19. The number of carbonyl (C=O) groups excluding carboxylic acids is 1. The van der Waals surface area contributed by atoms with Crippen molar-refractivity contribution in [3.8, 4) is 0 Å². The molecule has 0 atom stereocenters. The first-order chi connectivity index (χ1) is 8.75. The molecule has 0 aliphatic heterocycles. The number of hydrogen-bond acceptors (Lipinski definition) is 2. The third kappa shape index (κ3) is 1.66. The molecule has 0 amide bonds. The summed E-state index contributed by atoms with van der Waals surface area (Å²) in [5.41, 5.74) is 2.29. The van der Waals surface area contributed by atoms with E-state index in [9.17, 15) is 4.79 Å². The zero-order chi connectivity index (χ0) is 12.5. The molecule has 0 bridgehead atoms. The van der Waals surface area contributed by atoms with E-state index in [0.717, 1.165) is 10.9 Å². The number of benzene rings is 2.